The number of alkyl halides is 6. The number of aryl methyl sites for hydroxylation is 1. The minimum atomic E-state index is -5.34. The average Bonchev–Trinajstić information content (AvgIpc) is 3.00. The molecule has 32 heavy (non-hydrogen) atoms. The molecule has 0 atom stereocenters. The van der Waals surface area contributed by atoms with Gasteiger partial charge in [0, 0.05) is 0 Å². The van der Waals surface area contributed by atoms with Crippen LogP contribution in [0.2, 0.25) is 0 Å². The van der Waals surface area contributed by atoms with E-state index in [1.807, 2.05) is 0 Å². The molecule has 0 radical (unpaired) electrons. The number of amides is 1. The van der Waals surface area contributed by atoms with Crippen LogP contribution in [0.3, 0.4) is 0 Å². The molecule has 0 bridgehead atoms. The van der Waals surface area contributed by atoms with Gasteiger partial charge in [-0.2, -0.15) is 26.3 Å². The number of carbonyl (C=O) groups excluding carboxylic acids is 1. The third kappa shape index (κ3) is 4.87. The first-order chi connectivity index (χ1) is 14.9. The van der Waals surface area contributed by atoms with Gasteiger partial charge in [-0.1, -0.05) is 18.2 Å². The van der Waals surface area contributed by atoms with Crippen molar-refractivity contribution in [3.63, 3.8) is 0 Å². The van der Waals surface area contributed by atoms with E-state index in [1.165, 1.54) is 12.2 Å². The number of azo groups is 1. The Morgan fingerprint density at radius 1 is 1.00 bits per heavy atom. The van der Waals surface area contributed by atoms with Crippen LogP contribution in [-0.2, 0) is 11.0 Å². The van der Waals surface area contributed by atoms with E-state index < -0.39 is 40.8 Å². The lowest BCUT2D eigenvalue weighted by molar-refractivity contribution is -0.167. The van der Waals surface area contributed by atoms with E-state index in [1.54, 1.807) is 30.3 Å². The summed E-state index contributed by atoms with van der Waals surface area (Å²) in [6, 6.07) is 9.92. The van der Waals surface area contributed by atoms with Crippen molar-refractivity contribution in [1.82, 2.24) is 9.78 Å². The first-order valence-electron chi connectivity index (χ1n) is 8.76. The number of aromatic amines is 1. The Labute approximate surface area is 175 Å². The molecule has 0 saturated heterocycles. The summed E-state index contributed by atoms with van der Waals surface area (Å²) in [6.07, 6.45) is -10.2. The molecule has 0 aliphatic carbocycles. The first kappa shape index (κ1) is 22.8. The number of hydrogen-bond donors (Lipinski definition) is 2. The Morgan fingerprint density at radius 3 is 2.25 bits per heavy atom. The van der Waals surface area contributed by atoms with Gasteiger partial charge in [-0.15, -0.1) is 10.2 Å². The lowest BCUT2D eigenvalue weighted by Gasteiger charge is -2.13. The maximum Gasteiger partial charge on any atom is 0.471 e. The standard InChI is InChI=1S/C19H13F6N5O2/c1-10-15(16(31)30(29-10)12-5-3-2-4-6-12)28-27-13-8-7-11(18(20,21)22)9-14(13)26-17(32)19(23,24)25/h2-9,29H,1H3,(H,26,32). The molecule has 2 aromatic carbocycles. The number of halogens is 6. The van der Waals surface area contributed by atoms with Crippen LogP contribution in [0.15, 0.2) is 63.6 Å². The highest BCUT2D eigenvalue weighted by molar-refractivity contribution is 5.97. The number of carbonyl (C=O) groups is 1. The van der Waals surface area contributed by atoms with Gasteiger partial charge in [0.1, 0.15) is 5.69 Å². The van der Waals surface area contributed by atoms with Gasteiger partial charge < -0.3 is 5.32 Å². The molecule has 0 saturated carbocycles. The first-order valence-corrected chi connectivity index (χ1v) is 8.76. The maximum atomic E-state index is 13.0. The molecular formula is C19H13F6N5O2. The SMILES string of the molecule is Cc1[nH]n(-c2ccccc2)c(=O)c1N=Nc1ccc(C(F)(F)F)cc1NC(=O)C(F)(F)F. The smallest absolute Gasteiger partial charge is 0.316 e. The molecular weight excluding hydrogens is 444 g/mol. The highest BCUT2D eigenvalue weighted by Crippen LogP contribution is 2.36. The number of aromatic nitrogens is 2. The second-order valence-electron chi connectivity index (χ2n) is 6.44. The third-order valence-electron chi connectivity index (χ3n) is 4.14. The van der Waals surface area contributed by atoms with E-state index in [0.717, 1.165) is 10.7 Å². The molecule has 3 aromatic rings. The van der Waals surface area contributed by atoms with Crippen LogP contribution in [0.1, 0.15) is 11.3 Å². The number of nitrogens with zero attached hydrogens (tertiary/aromatic N) is 3. The lowest BCUT2D eigenvalue weighted by Crippen LogP contribution is -2.30. The summed E-state index contributed by atoms with van der Waals surface area (Å²) in [7, 11) is 0. The predicted octanol–water partition coefficient (Wildman–Crippen LogP) is 5.41. The number of rotatable bonds is 4. The normalized spacial score (nSPS) is 12.3. The van der Waals surface area contributed by atoms with Crippen molar-refractivity contribution >= 4 is 23.0 Å². The topological polar surface area (TPSA) is 91.6 Å². The van der Waals surface area contributed by atoms with Crippen molar-refractivity contribution in [2.45, 2.75) is 19.3 Å². The predicted molar refractivity (Wildman–Crippen MR) is 101 cm³/mol. The summed E-state index contributed by atoms with van der Waals surface area (Å²) in [5.41, 5.74) is -2.85. The molecule has 0 aliphatic rings. The molecule has 1 amide bonds. The van der Waals surface area contributed by atoms with Gasteiger partial charge in [0.05, 0.1) is 22.6 Å². The second-order valence-corrected chi connectivity index (χ2v) is 6.44. The van der Waals surface area contributed by atoms with Crippen LogP contribution in [-0.4, -0.2) is 21.9 Å². The lowest BCUT2D eigenvalue weighted by atomic mass is 10.1. The summed E-state index contributed by atoms with van der Waals surface area (Å²) in [4.78, 5) is 23.8. The van der Waals surface area contributed by atoms with E-state index in [9.17, 15) is 35.9 Å². The number of para-hydroxylation sites is 1. The molecule has 168 valence electrons. The molecule has 0 unspecified atom stereocenters. The summed E-state index contributed by atoms with van der Waals surface area (Å²) in [5, 5.41) is 11.4. The molecule has 0 fully saturated rings. The summed E-state index contributed by atoms with van der Waals surface area (Å²) in [5.74, 6) is -2.49. The van der Waals surface area contributed by atoms with Gasteiger partial charge in [-0.3, -0.25) is 14.7 Å². The van der Waals surface area contributed by atoms with Gasteiger partial charge in [-0.25, -0.2) is 4.68 Å². The zero-order chi connectivity index (χ0) is 23.7. The van der Waals surface area contributed by atoms with Crippen LogP contribution in [0.5, 0.6) is 0 Å². The van der Waals surface area contributed by atoms with E-state index in [0.29, 0.717) is 17.8 Å². The van der Waals surface area contributed by atoms with Crippen molar-refractivity contribution in [2.75, 3.05) is 5.32 Å². The number of nitrogens with one attached hydrogen (secondary N) is 2. The quantitative estimate of drug-likeness (QED) is 0.405. The number of H-pyrrole nitrogens is 1. The van der Waals surface area contributed by atoms with E-state index in [2.05, 4.69) is 15.3 Å². The molecule has 2 N–H and O–H groups in total. The van der Waals surface area contributed by atoms with Gasteiger partial charge >= 0.3 is 18.3 Å². The second kappa shape index (κ2) is 8.32. The molecule has 7 nitrogen and oxygen atoms in total. The van der Waals surface area contributed by atoms with E-state index in [4.69, 9.17) is 0 Å². The van der Waals surface area contributed by atoms with Crippen molar-refractivity contribution in [3.05, 3.63) is 70.1 Å². The van der Waals surface area contributed by atoms with Crippen LogP contribution in [0.4, 0.5) is 43.4 Å². The van der Waals surface area contributed by atoms with Gasteiger partial charge in [0.15, 0.2) is 5.69 Å². The van der Waals surface area contributed by atoms with Crippen LogP contribution < -0.4 is 10.9 Å². The number of benzene rings is 2. The van der Waals surface area contributed by atoms with Crippen molar-refractivity contribution < 1.29 is 31.1 Å². The monoisotopic (exact) mass is 457 g/mol. The Balaban J connectivity index is 2.02. The molecule has 13 heteroatoms. The van der Waals surface area contributed by atoms with Crippen molar-refractivity contribution in [2.24, 2.45) is 10.2 Å². The van der Waals surface area contributed by atoms with Gasteiger partial charge in [-0.05, 0) is 37.3 Å². The molecule has 1 heterocycles. The van der Waals surface area contributed by atoms with Crippen LogP contribution in [0.25, 0.3) is 5.69 Å². The van der Waals surface area contributed by atoms with Crippen molar-refractivity contribution in [3.8, 4) is 5.69 Å². The van der Waals surface area contributed by atoms with Crippen LogP contribution in [0, 0.1) is 6.92 Å². The fraction of sp³-hybridized carbons (Fsp3) is 0.158. The van der Waals surface area contributed by atoms with E-state index >= 15 is 0 Å². The third-order valence-corrected chi connectivity index (χ3v) is 4.14. The minimum Gasteiger partial charge on any atom is -0.316 e. The maximum absolute atomic E-state index is 13.0. The Hall–Kier alpha value is -3.90. The van der Waals surface area contributed by atoms with Gasteiger partial charge in [0.2, 0.25) is 0 Å². The largest absolute Gasteiger partial charge is 0.471 e. The Kier molecular flexibility index (Phi) is 5.92. The zero-order valence-corrected chi connectivity index (χ0v) is 16.0. The van der Waals surface area contributed by atoms with E-state index in [-0.39, 0.29) is 11.4 Å². The Bertz CT molecular complexity index is 1230. The van der Waals surface area contributed by atoms with Crippen molar-refractivity contribution in [1.29, 1.82) is 0 Å². The minimum absolute atomic E-state index is 0.221. The highest BCUT2D eigenvalue weighted by Gasteiger charge is 2.39. The Morgan fingerprint density at radius 2 is 1.66 bits per heavy atom. The summed E-state index contributed by atoms with van der Waals surface area (Å²) in [6.45, 7) is 1.48. The van der Waals surface area contributed by atoms with Gasteiger partial charge in [0.25, 0.3) is 5.56 Å². The number of anilines is 1. The fourth-order valence-electron chi connectivity index (χ4n) is 2.61. The summed E-state index contributed by atoms with van der Waals surface area (Å²) < 4.78 is 77.8. The molecule has 3 rings (SSSR count). The zero-order valence-electron chi connectivity index (χ0n) is 16.0. The van der Waals surface area contributed by atoms with Crippen LogP contribution >= 0.6 is 0 Å². The molecule has 0 aliphatic heterocycles. The number of hydrogen-bond acceptors (Lipinski definition) is 4. The summed E-state index contributed by atoms with van der Waals surface area (Å²) >= 11 is 0. The molecule has 1 aromatic heterocycles. The fourth-order valence-corrected chi connectivity index (χ4v) is 2.61. The average molecular weight is 457 g/mol. The molecule has 0 spiro atoms. The highest BCUT2D eigenvalue weighted by atomic mass is 19.4.